The Hall–Kier alpha value is -1.49. The maximum absolute atomic E-state index is 13.3. The zero-order chi connectivity index (χ0) is 11.7. The summed E-state index contributed by atoms with van der Waals surface area (Å²) >= 11 is 0. The van der Waals surface area contributed by atoms with Crippen molar-refractivity contribution in [1.82, 2.24) is 4.90 Å². The van der Waals surface area contributed by atoms with Gasteiger partial charge in [-0.1, -0.05) is 6.07 Å². The van der Waals surface area contributed by atoms with Crippen LogP contribution in [0.3, 0.4) is 0 Å². The van der Waals surface area contributed by atoms with E-state index in [1.807, 2.05) is 0 Å². The summed E-state index contributed by atoms with van der Waals surface area (Å²) in [6.45, 7) is 0.690. The number of benzene rings is 1. The number of halogens is 2. The normalized spacial score (nSPS) is 16.1. The van der Waals surface area contributed by atoms with Gasteiger partial charge in [-0.2, -0.15) is 0 Å². The fourth-order valence-electron chi connectivity index (χ4n) is 1.71. The van der Waals surface area contributed by atoms with Gasteiger partial charge < -0.3 is 10.0 Å². The topological polar surface area (TPSA) is 40.5 Å². The van der Waals surface area contributed by atoms with E-state index in [1.165, 1.54) is 11.0 Å². The average molecular weight is 227 g/mol. The number of aliphatic hydroxyl groups is 1. The first-order chi connectivity index (χ1) is 7.63. The molecule has 86 valence electrons. The molecule has 2 rings (SSSR count). The largest absolute Gasteiger partial charge is 0.396 e. The average Bonchev–Trinajstić information content (AvgIpc) is 2.15. The van der Waals surface area contributed by atoms with Crippen molar-refractivity contribution >= 4 is 5.91 Å². The number of amides is 1. The number of aliphatic hydroxyl groups excluding tert-OH is 1. The van der Waals surface area contributed by atoms with E-state index in [-0.39, 0.29) is 12.5 Å². The maximum Gasteiger partial charge on any atom is 0.259 e. The molecule has 0 unspecified atom stereocenters. The SMILES string of the molecule is O=C(c1c(F)cccc1F)N1CC(CO)C1. The number of rotatable bonds is 2. The number of carbonyl (C=O) groups excluding carboxylic acids is 1. The minimum atomic E-state index is -0.850. The molecule has 1 fully saturated rings. The zero-order valence-corrected chi connectivity index (χ0v) is 8.49. The Morgan fingerprint density at radius 3 is 2.44 bits per heavy atom. The minimum absolute atomic E-state index is 0.0104. The number of likely N-dealkylation sites (tertiary alicyclic amines) is 1. The molecule has 1 aliphatic rings. The summed E-state index contributed by atoms with van der Waals surface area (Å²) in [5.74, 6) is -2.33. The van der Waals surface area contributed by atoms with Gasteiger partial charge in [0.15, 0.2) is 0 Å². The van der Waals surface area contributed by atoms with Gasteiger partial charge in [-0.15, -0.1) is 0 Å². The van der Waals surface area contributed by atoms with Crippen LogP contribution in [0.4, 0.5) is 8.78 Å². The Morgan fingerprint density at radius 2 is 1.94 bits per heavy atom. The molecule has 0 radical (unpaired) electrons. The van der Waals surface area contributed by atoms with Crippen LogP contribution < -0.4 is 0 Å². The monoisotopic (exact) mass is 227 g/mol. The first-order valence-electron chi connectivity index (χ1n) is 4.97. The van der Waals surface area contributed by atoms with Crippen LogP contribution in [0, 0.1) is 17.6 Å². The van der Waals surface area contributed by atoms with Gasteiger partial charge in [0, 0.05) is 25.6 Å². The second-order valence-electron chi connectivity index (χ2n) is 3.86. The molecule has 0 bridgehead atoms. The first kappa shape index (κ1) is 11.0. The highest BCUT2D eigenvalue weighted by molar-refractivity contribution is 5.95. The summed E-state index contributed by atoms with van der Waals surface area (Å²) in [5.41, 5.74) is -0.515. The van der Waals surface area contributed by atoms with Crippen molar-refractivity contribution < 1.29 is 18.7 Å². The van der Waals surface area contributed by atoms with E-state index in [9.17, 15) is 13.6 Å². The van der Waals surface area contributed by atoms with Gasteiger partial charge in [0.2, 0.25) is 0 Å². The molecule has 1 aromatic rings. The molecule has 3 nitrogen and oxygen atoms in total. The van der Waals surface area contributed by atoms with Gasteiger partial charge in [0.25, 0.3) is 5.91 Å². The maximum atomic E-state index is 13.3. The molecule has 1 heterocycles. The molecule has 0 aliphatic carbocycles. The second kappa shape index (κ2) is 4.17. The van der Waals surface area contributed by atoms with Crippen molar-refractivity contribution in [3.63, 3.8) is 0 Å². The van der Waals surface area contributed by atoms with Crippen LogP contribution in [0.5, 0.6) is 0 Å². The lowest BCUT2D eigenvalue weighted by Crippen LogP contribution is -2.51. The second-order valence-corrected chi connectivity index (χ2v) is 3.86. The highest BCUT2D eigenvalue weighted by atomic mass is 19.1. The number of carbonyl (C=O) groups is 1. The van der Waals surface area contributed by atoms with Crippen LogP contribution in [0.25, 0.3) is 0 Å². The van der Waals surface area contributed by atoms with Crippen molar-refractivity contribution in [3.8, 4) is 0 Å². The Morgan fingerprint density at radius 1 is 1.38 bits per heavy atom. The Balaban J connectivity index is 2.16. The van der Waals surface area contributed by atoms with E-state index in [1.54, 1.807) is 0 Å². The third-order valence-electron chi connectivity index (χ3n) is 2.68. The van der Waals surface area contributed by atoms with Crippen LogP contribution in [0.1, 0.15) is 10.4 Å². The number of nitrogens with zero attached hydrogens (tertiary/aromatic N) is 1. The van der Waals surface area contributed by atoms with E-state index in [4.69, 9.17) is 5.11 Å². The van der Waals surface area contributed by atoms with Crippen LogP contribution in [0.15, 0.2) is 18.2 Å². The van der Waals surface area contributed by atoms with Crippen LogP contribution in [0.2, 0.25) is 0 Å². The zero-order valence-electron chi connectivity index (χ0n) is 8.49. The molecular weight excluding hydrogens is 216 g/mol. The van der Waals surface area contributed by atoms with Crippen molar-refractivity contribution in [1.29, 1.82) is 0 Å². The van der Waals surface area contributed by atoms with Crippen LogP contribution in [-0.4, -0.2) is 35.6 Å². The molecule has 1 saturated heterocycles. The molecule has 1 aromatic carbocycles. The summed E-state index contributed by atoms with van der Waals surface area (Å²) in [5, 5.41) is 8.78. The van der Waals surface area contributed by atoms with Crippen molar-refractivity contribution in [3.05, 3.63) is 35.4 Å². The Kier molecular flexibility index (Phi) is 2.87. The van der Waals surface area contributed by atoms with E-state index in [0.717, 1.165) is 12.1 Å². The van der Waals surface area contributed by atoms with Gasteiger partial charge in [-0.05, 0) is 12.1 Å². The predicted molar refractivity (Wildman–Crippen MR) is 52.8 cm³/mol. The van der Waals surface area contributed by atoms with E-state index < -0.39 is 23.1 Å². The predicted octanol–water partition coefficient (Wildman–Crippen LogP) is 1.03. The standard InChI is InChI=1S/C11H11F2NO2/c12-8-2-1-3-9(13)10(8)11(16)14-4-7(5-14)6-15/h1-3,7,15H,4-6H2. The van der Waals surface area contributed by atoms with E-state index in [2.05, 4.69) is 0 Å². The Bertz CT molecular complexity index is 396. The molecule has 0 saturated carbocycles. The quantitative estimate of drug-likeness (QED) is 0.819. The van der Waals surface area contributed by atoms with Crippen molar-refractivity contribution in [2.24, 2.45) is 5.92 Å². The van der Waals surface area contributed by atoms with Gasteiger partial charge >= 0.3 is 0 Å². The number of hydrogen-bond donors (Lipinski definition) is 1. The molecule has 0 spiro atoms. The van der Waals surface area contributed by atoms with Crippen molar-refractivity contribution in [2.45, 2.75) is 0 Å². The fraction of sp³-hybridized carbons (Fsp3) is 0.364. The molecule has 1 N–H and O–H groups in total. The molecule has 5 heteroatoms. The fourth-order valence-corrected chi connectivity index (χ4v) is 1.71. The summed E-state index contributed by atoms with van der Waals surface area (Å²) < 4.78 is 26.5. The first-order valence-corrected chi connectivity index (χ1v) is 4.97. The summed E-state index contributed by atoms with van der Waals surface area (Å²) in [6.07, 6.45) is 0. The molecule has 1 aliphatic heterocycles. The van der Waals surface area contributed by atoms with Gasteiger partial charge in [-0.25, -0.2) is 8.78 Å². The highest BCUT2D eigenvalue weighted by Gasteiger charge is 2.33. The lowest BCUT2D eigenvalue weighted by atomic mass is 10.00. The molecular formula is C11H11F2NO2. The van der Waals surface area contributed by atoms with Gasteiger partial charge in [-0.3, -0.25) is 4.79 Å². The van der Waals surface area contributed by atoms with E-state index in [0.29, 0.717) is 13.1 Å². The van der Waals surface area contributed by atoms with Gasteiger partial charge in [0.05, 0.1) is 0 Å². The molecule has 16 heavy (non-hydrogen) atoms. The van der Waals surface area contributed by atoms with Crippen molar-refractivity contribution in [2.75, 3.05) is 19.7 Å². The summed E-state index contributed by atoms with van der Waals surface area (Å²) in [6, 6.07) is 3.33. The lowest BCUT2D eigenvalue weighted by molar-refractivity contribution is 0.0353. The highest BCUT2D eigenvalue weighted by Crippen LogP contribution is 2.21. The molecule has 1 amide bonds. The third-order valence-corrected chi connectivity index (χ3v) is 2.68. The van der Waals surface area contributed by atoms with Gasteiger partial charge in [0.1, 0.15) is 17.2 Å². The molecule has 0 atom stereocenters. The number of hydrogen-bond acceptors (Lipinski definition) is 2. The lowest BCUT2D eigenvalue weighted by Gasteiger charge is -2.38. The van der Waals surface area contributed by atoms with Crippen LogP contribution >= 0.6 is 0 Å². The molecule has 0 aromatic heterocycles. The smallest absolute Gasteiger partial charge is 0.259 e. The third kappa shape index (κ3) is 1.78. The summed E-state index contributed by atoms with van der Waals surface area (Å²) in [4.78, 5) is 13.0. The van der Waals surface area contributed by atoms with E-state index >= 15 is 0 Å². The summed E-state index contributed by atoms with van der Waals surface area (Å²) in [7, 11) is 0. The van der Waals surface area contributed by atoms with Crippen LogP contribution in [-0.2, 0) is 0 Å². The minimum Gasteiger partial charge on any atom is -0.396 e. The Labute approximate surface area is 91.3 Å².